The zero-order valence-corrected chi connectivity index (χ0v) is 15.2. The van der Waals surface area contributed by atoms with Crippen LogP contribution in [0.5, 0.6) is 0 Å². The van der Waals surface area contributed by atoms with Crippen molar-refractivity contribution in [2.24, 2.45) is 0 Å². The molecule has 0 spiro atoms. The Morgan fingerprint density at radius 3 is 2.48 bits per heavy atom. The molecule has 2 aromatic heterocycles. The van der Waals surface area contributed by atoms with Crippen LogP contribution in [0.3, 0.4) is 0 Å². The van der Waals surface area contributed by atoms with E-state index in [9.17, 15) is 8.78 Å². The molecule has 0 bridgehead atoms. The van der Waals surface area contributed by atoms with E-state index >= 15 is 0 Å². The van der Waals surface area contributed by atoms with E-state index in [1.807, 2.05) is 35.7 Å². The second-order valence-corrected chi connectivity index (χ2v) is 7.06. The van der Waals surface area contributed by atoms with Gasteiger partial charge in [-0.25, -0.2) is 13.8 Å². The highest BCUT2D eigenvalue weighted by Crippen LogP contribution is 2.28. The standard InChI is InChI=1S/C20H16F2N4S/c1-12(18-7-4-8-27-18)23-19-16-5-2-3-6-17(16)25-20(26-19)24-15-10-13(21)9-14(22)11-15/h2-12H,1H3,(H2,23,24,25,26)/t12-/m1/s1. The summed E-state index contributed by atoms with van der Waals surface area (Å²) in [5, 5.41) is 9.19. The Balaban J connectivity index is 1.71. The SMILES string of the molecule is C[C@@H](Nc1nc(Nc2cc(F)cc(F)c2)nc2ccccc12)c1cccs1. The van der Waals surface area contributed by atoms with Gasteiger partial charge in [-0.3, -0.25) is 0 Å². The summed E-state index contributed by atoms with van der Waals surface area (Å²) in [4.78, 5) is 10.2. The van der Waals surface area contributed by atoms with Gasteiger partial charge in [0.05, 0.1) is 11.6 Å². The lowest BCUT2D eigenvalue weighted by Gasteiger charge is -2.16. The largest absolute Gasteiger partial charge is 0.362 e. The molecule has 7 heteroatoms. The summed E-state index contributed by atoms with van der Waals surface area (Å²) < 4.78 is 26.9. The second-order valence-electron chi connectivity index (χ2n) is 6.08. The molecule has 2 aromatic carbocycles. The smallest absolute Gasteiger partial charge is 0.229 e. The molecule has 4 rings (SSSR count). The number of halogens is 2. The third-order valence-corrected chi connectivity index (χ3v) is 5.10. The lowest BCUT2D eigenvalue weighted by atomic mass is 10.2. The van der Waals surface area contributed by atoms with Gasteiger partial charge in [-0.05, 0) is 42.6 Å². The molecule has 0 unspecified atom stereocenters. The highest BCUT2D eigenvalue weighted by atomic mass is 32.1. The summed E-state index contributed by atoms with van der Waals surface area (Å²) in [6.45, 7) is 2.05. The van der Waals surface area contributed by atoms with Crippen molar-refractivity contribution < 1.29 is 8.78 Å². The third kappa shape index (κ3) is 3.88. The predicted molar refractivity (Wildman–Crippen MR) is 106 cm³/mol. The average Bonchev–Trinajstić information content (AvgIpc) is 3.15. The minimum Gasteiger partial charge on any atom is -0.362 e. The Bertz CT molecular complexity index is 1060. The number of hydrogen-bond donors (Lipinski definition) is 2. The van der Waals surface area contributed by atoms with Gasteiger partial charge in [-0.1, -0.05) is 18.2 Å². The minimum absolute atomic E-state index is 0.0581. The van der Waals surface area contributed by atoms with E-state index in [-0.39, 0.29) is 17.7 Å². The van der Waals surface area contributed by atoms with Crippen LogP contribution in [0.1, 0.15) is 17.8 Å². The molecule has 1 atom stereocenters. The van der Waals surface area contributed by atoms with Crippen LogP contribution >= 0.6 is 11.3 Å². The van der Waals surface area contributed by atoms with Crippen LogP contribution in [0.2, 0.25) is 0 Å². The summed E-state index contributed by atoms with van der Waals surface area (Å²) in [5.74, 6) is -0.411. The average molecular weight is 382 g/mol. The number of nitrogens with one attached hydrogen (secondary N) is 2. The number of benzene rings is 2. The zero-order valence-electron chi connectivity index (χ0n) is 14.4. The Hall–Kier alpha value is -3.06. The monoisotopic (exact) mass is 382 g/mol. The van der Waals surface area contributed by atoms with Gasteiger partial charge in [0, 0.05) is 22.0 Å². The first-order valence-electron chi connectivity index (χ1n) is 8.38. The number of para-hydroxylation sites is 1. The van der Waals surface area contributed by atoms with Gasteiger partial charge >= 0.3 is 0 Å². The van der Waals surface area contributed by atoms with E-state index in [4.69, 9.17) is 0 Å². The van der Waals surface area contributed by atoms with Crippen LogP contribution in [-0.2, 0) is 0 Å². The summed E-state index contributed by atoms with van der Waals surface area (Å²) in [5.41, 5.74) is 0.979. The number of aromatic nitrogens is 2. The maximum Gasteiger partial charge on any atom is 0.229 e. The highest BCUT2D eigenvalue weighted by molar-refractivity contribution is 7.10. The van der Waals surface area contributed by atoms with E-state index < -0.39 is 11.6 Å². The topological polar surface area (TPSA) is 49.8 Å². The molecule has 0 aliphatic carbocycles. The number of fused-ring (bicyclic) bond motifs is 1. The number of nitrogens with zero attached hydrogens (tertiary/aromatic N) is 2. The number of rotatable bonds is 5. The van der Waals surface area contributed by atoms with Gasteiger partial charge in [0.2, 0.25) is 5.95 Å². The lowest BCUT2D eigenvalue weighted by Crippen LogP contribution is -2.09. The maximum atomic E-state index is 13.5. The predicted octanol–water partition coefficient (Wildman–Crippen LogP) is 5.89. The molecular weight excluding hydrogens is 366 g/mol. The normalized spacial score (nSPS) is 12.1. The molecule has 0 radical (unpaired) electrons. The van der Waals surface area contributed by atoms with Crippen molar-refractivity contribution in [2.45, 2.75) is 13.0 Å². The third-order valence-electron chi connectivity index (χ3n) is 4.05. The van der Waals surface area contributed by atoms with Crippen LogP contribution in [0.4, 0.5) is 26.2 Å². The van der Waals surface area contributed by atoms with Crippen molar-refractivity contribution in [3.05, 3.63) is 76.5 Å². The number of thiophene rings is 1. The van der Waals surface area contributed by atoms with E-state index in [0.717, 1.165) is 17.0 Å². The Kier molecular flexibility index (Phi) is 4.68. The van der Waals surface area contributed by atoms with Crippen LogP contribution < -0.4 is 10.6 Å². The molecule has 27 heavy (non-hydrogen) atoms. The van der Waals surface area contributed by atoms with Crippen molar-refractivity contribution in [1.82, 2.24) is 9.97 Å². The van der Waals surface area contributed by atoms with E-state index in [2.05, 4.69) is 33.6 Å². The zero-order chi connectivity index (χ0) is 18.8. The van der Waals surface area contributed by atoms with Crippen molar-refractivity contribution >= 4 is 39.7 Å². The lowest BCUT2D eigenvalue weighted by molar-refractivity contribution is 0.584. The molecule has 0 amide bonds. The van der Waals surface area contributed by atoms with Gasteiger partial charge in [0.15, 0.2) is 0 Å². The van der Waals surface area contributed by atoms with E-state index in [1.54, 1.807) is 11.3 Å². The first kappa shape index (κ1) is 17.4. The molecule has 136 valence electrons. The molecule has 0 saturated carbocycles. The fourth-order valence-corrected chi connectivity index (χ4v) is 3.55. The molecule has 2 N–H and O–H groups in total. The molecule has 0 aliphatic rings. The fraction of sp³-hybridized carbons (Fsp3) is 0.100. The first-order valence-corrected chi connectivity index (χ1v) is 9.26. The fourth-order valence-electron chi connectivity index (χ4n) is 2.81. The number of hydrogen-bond acceptors (Lipinski definition) is 5. The van der Waals surface area contributed by atoms with Gasteiger partial charge in [-0.15, -0.1) is 11.3 Å². The van der Waals surface area contributed by atoms with Crippen molar-refractivity contribution in [3.8, 4) is 0 Å². The highest BCUT2D eigenvalue weighted by Gasteiger charge is 2.13. The maximum absolute atomic E-state index is 13.5. The first-order chi connectivity index (χ1) is 13.1. The minimum atomic E-state index is -0.664. The van der Waals surface area contributed by atoms with Crippen molar-refractivity contribution in [2.75, 3.05) is 10.6 Å². The summed E-state index contributed by atoms with van der Waals surface area (Å²) in [6.07, 6.45) is 0. The summed E-state index contributed by atoms with van der Waals surface area (Å²) in [6, 6.07) is 14.9. The van der Waals surface area contributed by atoms with E-state index in [0.29, 0.717) is 5.82 Å². The van der Waals surface area contributed by atoms with E-state index in [1.165, 1.54) is 17.0 Å². The van der Waals surface area contributed by atoms with Gasteiger partial charge in [0.1, 0.15) is 17.5 Å². The Labute approximate surface area is 158 Å². The van der Waals surface area contributed by atoms with Gasteiger partial charge in [-0.2, -0.15) is 4.98 Å². The van der Waals surface area contributed by atoms with Crippen LogP contribution in [0, 0.1) is 11.6 Å². The Morgan fingerprint density at radius 1 is 0.963 bits per heavy atom. The van der Waals surface area contributed by atoms with Crippen LogP contribution in [0.15, 0.2) is 60.0 Å². The molecular formula is C20H16F2N4S. The van der Waals surface area contributed by atoms with Gasteiger partial charge in [0.25, 0.3) is 0 Å². The summed E-state index contributed by atoms with van der Waals surface area (Å²) in [7, 11) is 0. The Morgan fingerprint density at radius 2 is 1.74 bits per heavy atom. The number of anilines is 3. The molecule has 0 saturated heterocycles. The van der Waals surface area contributed by atoms with Crippen LogP contribution in [0.25, 0.3) is 10.9 Å². The second kappa shape index (κ2) is 7.28. The quantitative estimate of drug-likeness (QED) is 0.452. The van der Waals surface area contributed by atoms with Gasteiger partial charge < -0.3 is 10.6 Å². The van der Waals surface area contributed by atoms with Crippen molar-refractivity contribution in [1.29, 1.82) is 0 Å². The van der Waals surface area contributed by atoms with Crippen molar-refractivity contribution in [3.63, 3.8) is 0 Å². The summed E-state index contributed by atoms with van der Waals surface area (Å²) >= 11 is 1.66. The molecule has 4 nitrogen and oxygen atoms in total. The molecule has 0 aliphatic heterocycles. The molecule has 4 aromatic rings. The molecule has 2 heterocycles. The van der Waals surface area contributed by atoms with Crippen LogP contribution in [-0.4, -0.2) is 9.97 Å². The molecule has 0 fully saturated rings.